The number of aromatic hydroxyl groups is 1. The lowest BCUT2D eigenvalue weighted by Gasteiger charge is -2.06. The van der Waals surface area contributed by atoms with Crippen molar-refractivity contribution in [3.63, 3.8) is 0 Å². The first kappa shape index (κ1) is 12.4. The van der Waals surface area contributed by atoms with E-state index < -0.39 is 5.82 Å². The summed E-state index contributed by atoms with van der Waals surface area (Å²) < 4.78 is 14.8. The molecule has 20 heavy (non-hydrogen) atoms. The molecule has 1 aromatic heterocycles. The van der Waals surface area contributed by atoms with Crippen LogP contribution in [0.3, 0.4) is 0 Å². The number of benzene rings is 2. The Balaban J connectivity index is 2.45. The molecule has 0 aliphatic heterocycles. The lowest BCUT2D eigenvalue weighted by molar-refractivity contribution is 0.0943. The van der Waals surface area contributed by atoms with Gasteiger partial charge in [0.15, 0.2) is 0 Å². The molecule has 100 valence electrons. The summed E-state index contributed by atoms with van der Waals surface area (Å²) in [5.41, 5.74) is 1.59. The molecule has 0 bridgehead atoms. The molecule has 0 spiro atoms. The maximum Gasteiger partial charge on any atom is 0.228 e. The lowest BCUT2D eigenvalue weighted by atomic mass is 10.1. The maximum atomic E-state index is 13.4. The topological polar surface area (TPSA) is 42.2 Å². The van der Waals surface area contributed by atoms with E-state index in [-0.39, 0.29) is 11.7 Å². The van der Waals surface area contributed by atoms with Crippen molar-refractivity contribution >= 4 is 16.8 Å². The van der Waals surface area contributed by atoms with Gasteiger partial charge >= 0.3 is 0 Å². The Bertz CT molecular complexity index is 806. The zero-order valence-corrected chi connectivity index (χ0v) is 10.8. The number of halogens is 1. The summed E-state index contributed by atoms with van der Waals surface area (Å²) in [5, 5.41) is 10.7. The highest BCUT2D eigenvalue weighted by molar-refractivity contribution is 6.02. The standard InChI is InChI=1S/C16H12FNO2/c1-10(19)18-14-8-7-12(17)9-13(14)16(20)15(18)11-5-3-2-4-6-11/h2-9,20H,1H3. The first-order chi connectivity index (χ1) is 9.59. The molecule has 1 heterocycles. The van der Waals surface area contributed by atoms with Crippen LogP contribution in [0.5, 0.6) is 5.75 Å². The third-order valence-electron chi connectivity index (χ3n) is 3.26. The van der Waals surface area contributed by atoms with E-state index in [0.29, 0.717) is 22.2 Å². The van der Waals surface area contributed by atoms with E-state index in [4.69, 9.17) is 0 Å². The van der Waals surface area contributed by atoms with Crippen LogP contribution in [0.4, 0.5) is 4.39 Å². The summed E-state index contributed by atoms with van der Waals surface area (Å²) in [6, 6.07) is 13.1. The highest BCUT2D eigenvalue weighted by Gasteiger charge is 2.20. The van der Waals surface area contributed by atoms with Crippen molar-refractivity contribution in [2.24, 2.45) is 0 Å². The van der Waals surface area contributed by atoms with E-state index in [1.54, 1.807) is 12.1 Å². The summed E-state index contributed by atoms with van der Waals surface area (Å²) in [6.45, 7) is 1.41. The van der Waals surface area contributed by atoms with Gasteiger partial charge in [-0.05, 0) is 18.2 Å². The van der Waals surface area contributed by atoms with E-state index in [2.05, 4.69) is 0 Å². The molecule has 1 N–H and O–H groups in total. The number of carbonyl (C=O) groups excluding carboxylic acids is 1. The van der Waals surface area contributed by atoms with Crippen molar-refractivity contribution in [3.8, 4) is 17.0 Å². The molecule has 0 atom stereocenters. The second kappa shape index (κ2) is 4.49. The minimum Gasteiger partial charge on any atom is -0.505 e. The molecule has 3 rings (SSSR count). The van der Waals surface area contributed by atoms with Gasteiger partial charge in [-0.2, -0.15) is 0 Å². The third-order valence-corrected chi connectivity index (χ3v) is 3.26. The van der Waals surface area contributed by atoms with E-state index in [1.165, 1.54) is 29.7 Å². The number of carbonyl (C=O) groups is 1. The fourth-order valence-electron chi connectivity index (χ4n) is 2.44. The van der Waals surface area contributed by atoms with Gasteiger partial charge in [0.2, 0.25) is 5.91 Å². The molecule has 0 saturated heterocycles. The van der Waals surface area contributed by atoms with E-state index in [1.807, 2.05) is 18.2 Å². The summed E-state index contributed by atoms with van der Waals surface area (Å²) in [5.74, 6) is -0.769. The van der Waals surface area contributed by atoms with Gasteiger partial charge in [-0.25, -0.2) is 4.39 Å². The zero-order chi connectivity index (χ0) is 14.3. The average Bonchev–Trinajstić information content (AvgIpc) is 2.73. The molecule has 0 fully saturated rings. The molecule has 0 unspecified atom stereocenters. The summed E-state index contributed by atoms with van der Waals surface area (Å²) >= 11 is 0. The molecule has 0 aliphatic rings. The van der Waals surface area contributed by atoms with Crippen molar-refractivity contribution in [2.75, 3.05) is 0 Å². The lowest BCUT2D eigenvalue weighted by Crippen LogP contribution is -2.06. The number of hydrogen-bond acceptors (Lipinski definition) is 2. The Kier molecular flexibility index (Phi) is 2.79. The van der Waals surface area contributed by atoms with Crippen molar-refractivity contribution in [3.05, 3.63) is 54.3 Å². The largest absolute Gasteiger partial charge is 0.505 e. The molecule has 0 amide bonds. The van der Waals surface area contributed by atoms with Crippen LogP contribution in [-0.2, 0) is 0 Å². The van der Waals surface area contributed by atoms with E-state index in [0.717, 1.165) is 0 Å². The Hall–Kier alpha value is -2.62. The van der Waals surface area contributed by atoms with Crippen LogP contribution in [0.2, 0.25) is 0 Å². The maximum absolute atomic E-state index is 13.4. The van der Waals surface area contributed by atoms with Crippen LogP contribution in [0, 0.1) is 5.82 Å². The first-order valence-corrected chi connectivity index (χ1v) is 6.19. The molecule has 3 aromatic rings. The molecular weight excluding hydrogens is 257 g/mol. The van der Waals surface area contributed by atoms with Gasteiger partial charge in [-0.1, -0.05) is 30.3 Å². The smallest absolute Gasteiger partial charge is 0.228 e. The molecule has 4 heteroatoms. The number of aromatic nitrogens is 1. The number of rotatable bonds is 1. The summed E-state index contributed by atoms with van der Waals surface area (Å²) in [6.07, 6.45) is 0. The number of fused-ring (bicyclic) bond motifs is 1. The second-order valence-corrected chi connectivity index (χ2v) is 4.58. The van der Waals surface area contributed by atoms with Gasteiger partial charge in [-0.15, -0.1) is 0 Å². The van der Waals surface area contributed by atoms with Crippen LogP contribution in [0.15, 0.2) is 48.5 Å². The average molecular weight is 269 g/mol. The molecule has 0 radical (unpaired) electrons. The Morgan fingerprint density at radius 1 is 1.15 bits per heavy atom. The van der Waals surface area contributed by atoms with Crippen molar-refractivity contribution in [1.29, 1.82) is 0 Å². The monoisotopic (exact) mass is 269 g/mol. The van der Waals surface area contributed by atoms with Gasteiger partial charge in [0, 0.05) is 17.9 Å². The quantitative estimate of drug-likeness (QED) is 0.729. The van der Waals surface area contributed by atoms with Crippen LogP contribution < -0.4 is 0 Å². The van der Waals surface area contributed by atoms with Crippen LogP contribution >= 0.6 is 0 Å². The van der Waals surface area contributed by atoms with Gasteiger partial charge in [0.05, 0.1) is 11.2 Å². The van der Waals surface area contributed by atoms with Crippen LogP contribution in [0.25, 0.3) is 22.2 Å². The Morgan fingerprint density at radius 3 is 2.50 bits per heavy atom. The molecular formula is C16H12FNO2. The first-order valence-electron chi connectivity index (χ1n) is 6.19. The minimum atomic E-state index is -0.451. The fourth-order valence-corrected chi connectivity index (χ4v) is 2.44. The van der Waals surface area contributed by atoms with Crippen LogP contribution in [0.1, 0.15) is 11.7 Å². The van der Waals surface area contributed by atoms with Gasteiger partial charge in [0.1, 0.15) is 11.6 Å². The Labute approximate surface area is 114 Å². The van der Waals surface area contributed by atoms with Gasteiger partial charge in [-0.3, -0.25) is 9.36 Å². The normalized spacial score (nSPS) is 10.9. The molecule has 2 aromatic carbocycles. The number of hydrogen-bond donors (Lipinski definition) is 1. The predicted molar refractivity (Wildman–Crippen MR) is 75.3 cm³/mol. The highest BCUT2D eigenvalue weighted by atomic mass is 19.1. The zero-order valence-electron chi connectivity index (χ0n) is 10.8. The van der Waals surface area contributed by atoms with Crippen molar-refractivity contribution < 1.29 is 14.3 Å². The molecule has 0 aliphatic carbocycles. The summed E-state index contributed by atoms with van der Waals surface area (Å²) in [4.78, 5) is 11.9. The number of nitrogens with zero attached hydrogens (tertiary/aromatic N) is 1. The van der Waals surface area contributed by atoms with Gasteiger partial charge in [0.25, 0.3) is 0 Å². The summed E-state index contributed by atoms with van der Waals surface area (Å²) in [7, 11) is 0. The van der Waals surface area contributed by atoms with Crippen molar-refractivity contribution in [2.45, 2.75) is 6.92 Å². The fraction of sp³-hybridized carbons (Fsp3) is 0.0625. The van der Waals surface area contributed by atoms with E-state index >= 15 is 0 Å². The SMILES string of the molecule is CC(=O)n1c(-c2ccccc2)c(O)c2cc(F)ccc21. The molecule has 3 nitrogen and oxygen atoms in total. The van der Waals surface area contributed by atoms with Crippen LogP contribution in [-0.4, -0.2) is 15.6 Å². The predicted octanol–water partition coefficient (Wildman–Crippen LogP) is 3.81. The molecule has 0 saturated carbocycles. The van der Waals surface area contributed by atoms with Crippen molar-refractivity contribution in [1.82, 2.24) is 4.57 Å². The highest BCUT2D eigenvalue weighted by Crippen LogP contribution is 2.39. The Morgan fingerprint density at radius 2 is 1.85 bits per heavy atom. The van der Waals surface area contributed by atoms with E-state index in [9.17, 15) is 14.3 Å². The second-order valence-electron chi connectivity index (χ2n) is 4.58. The van der Waals surface area contributed by atoms with Gasteiger partial charge < -0.3 is 5.11 Å². The third kappa shape index (κ3) is 1.77. The minimum absolute atomic E-state index is 0.0825.